The van der Waals surface area contributed by atoms with Gasteiger partial charge in [0.15, 0.2) is 0 Å². The zero-order chi connectivity index (χ0) is 14.5. The first-order valence-corrected chi connectivity index (χ1v) is 7.22. The van der Waals surface area contributed by atoms with Crippen LogP contribution in [0, 0.1) is 5.41 Å². The molecule has 0 aromatic heterocycles. The predicted molar refractivity (Wildman–Crippen MR) is 81.0 cm³/mol. The highest BCUT2D eigenvalue weighted by Crippen LogP contribution is 2.26. The van der Waals surface area contributed by atoms with Crippen LogP contribution in [0.25, 0.3) is 0 Å². The van der Waals surface area contributed by atoms with E-state index in [1.54, 1.807) is 18.2 Å². The number of carbonyl (C=O) groups excluding carboxylic acids is 1. The molecule has 4 nitrogen and oxygen atoms in total. The number of nitrogen functional groups attached to an aromatic ring is 1. The fourth-order valence-electron chi connectivity index (χ4n) is 1.87. The Labute approximate surface area is 122 Å². The molecule has 19 heavy (non-hydrogen) atoms. The number of benzene rings is 1. The Balaban J connectivity index is 2.78. The van der Waals surface area contributed by atoms with Crippen LogP contribution in [-0.4, -0.2) is 24.2 Å². The van der Waals surface area contributed by atoms with E-state index in [0.717, 1.165) is 12.8 Å². The van der Waals surface area contributed by atoms with E-state index in [4.69, 9.17) is 5.73 Å². The lowest BCUT2D eigenvalue weighted by atomic mass is 9.83. The van der Waals surface area contributed by atoms with Crippen LogP contribution >= 0.6 is 15.9 Å². The number of aliphatic hydroxyl groups excluding tert-OH is 1. The molecule has 5 heteroatoms. The molecule has 0 spiro atoms. The smallest absolute Gasteiger partial charge is 0.252 e. The van der Waals surface area contributed by atoms with Crippen molar-refractivity contribution in [3.63, 3.8) is 0 Å². The normalized spacial score (nSPS) is 11.4. The molecule has 0 saturated heterocycles. The van der Waals surface area contributed by atoms with Crippen molar-refractivity contribution in [2.75, 3.05) is 18.9 Å². The first-order valence-electron chi connectivity index (χ1n) is 6.42. The number of halogens is 1. The molecular weight excluding hydrogens is 308 g/mol. The average Bonchev–Trinajstić information content (AvgIpc) is 2.44. The van der Waals surface area contributed by atoms with Crippen molar-refractivity contribution < 1.29 is 9.90 Å². The number of hydrogen-bond acceptors (Lipinski definition) is 3. The summed E-state index contributed by atoms with van der Waals surface area (Å²) in [5, 5.41) is 12.4. The third-order valence-electron chi connectivity index (χ3n) is 3.73. The highest BCUT2D eigenvalue weighted by Gasteiger charge is 2.26. The van der Waals surface area contributed by atoms with E-state index in [2.05, 4.69) is 21.2 Å². The van der Waals surface area contributed by atoms with Crippen LogP contribution in [0.1, 0.15) is 37.0 Å². The Hall–Kier alpha value is -1.07. The SMILES string of the molecule is CCC(CC)(CO)CNC(=O)c1cccc(N)c1Br. The first-order chi connectivity index (χ1) is 8.99. The number of carbonyl (C=O) groups is 1. The maximum Gasteiger partial charge on any atom is 0.252 e. The molecule has 0 aliphatic carbocycles. The summed E-state index contributed by atoms with van der Waals surface area (Å²) < 4.78 is 0.607. The highest BCUT2D eigenvalue weighted by molar-refractivity contribution is 9.10. The maximum atomic E-state index is 12.1. The van der Waals surface area contributed by atoms with Crippen molar-refractivity contribution in [2.24, 2.45) is 5.41 Å². The van der Waals surface area contributed by atoms with Crippen molar-refractivity contribution in [1.82, 2.24) is 5.32 Å². The number of rotatable bonds is 6. The van der Waals surface area contributed by atoms with Gasteiger partial charge in [0.1, 0.15) is 0 Å². The molecule has 0 fully saturated rings. The van der Waals surface area contributed by atoms with E-state index in [1.165, 1.54) is 0 Å². The lowest BCUT2D eigenvalue weighted by Crippen LogP contribution is -2.39. The van der Waals surface area contributed by atoms with E-state index >= 15 is 0 Å². The second kappa shape index (κ2) is 6.91. The van der Waals surface area contributed by atoms with Crippen molar-refractivity contribution in [2.45, 2.75) is 26.7 Å². The Morgan fingerprint density at radius 1 is 1.42 bits per heavy atom. The van der Waals surface area contributed by atoms with Crippen molar-refractivity contribution in [3.05, 3.63) is 28.2 Å². The minimum absolute atomic E-state index is 0.0678. The number of nitrogens with one attached hydrogen (secondary N) is 1. The molecule has 0 radical (unpaired) electrons. The van der Waals surface area contributed by atoms with Gasteiger partial charge in [0, 0.05) is 17.6 Å². The first kappa shape index (κ1) is 16.0. The average molecular weight is 329 g/mol. The van der Waals surface area contributed by atoms with E-state index < -0.39 is 0 Å². The van der Waals surface area contributed by atoms with Gasteiger partial charge in [-0.1, -0.05) is 19.9 Å². The van der Waals surface area contributed by atoms with Gasteiger partial charge in [-0.05, 0) is 40.9 Å². The number of hydrogen-bond donors (Lipinski definition) is 3. The van der Waals surface area contributed by atoms with Crippen LogP contribution in [0.2, 0.25) is 0 Å². The molecule has 4 N–H and O–H groups in total. The fraction of sp³-hybridized carbons (Fsp3) is 0.500. The highest BCUT2D eigenvalue weighted by atomic mass is 79.9. The number of anilines is 1. The molecule has 0 unspecified atom stereocenters. The molecule has 1 aromatic rings. The summed E-state index contributed by atoms with van der Waals surface area (Å²) in [4.78, 5) is 12.1. The van der Waals surface area contributed by atoms with Gasteiger partial charge in [-0.3, -0.25) is 4.79 Å². The third-order valence-corrected chi connectivity index (χ3v) is 4.62. The summed E-state index contributed by atoms with van der Waals surface area (Å²) in [6.45, 7) is 4.56. The van der Waals surface area contributed by atoms with E-state index in [0.29, 0.717) is 22.3 Å². The molecule has 0 bridgehead atoms. The van der Waals surface area contributed by atoms with Crippen LogP contribution in [-0.2, 0) is 0 Å². The summed E-state index contributed by atoms with van der Waals surface area (Å²) >= 11 is 3.32. The van der Waals surface area contributed by atoms with Crippen molar-refractivity contribution in [1.29, 1.82) is 0 Å². The van der Waals surface area contributed by atoms with Gasteiger partial charge in [0.2, 0.25) is 0 Å². The largest absolute Gasteiger partial charge is 0.398 e. The van der Waals surface area contributed by atoms with Gasteiger partial charge in [-0.2, -0.15) is 0 Å². The molecule has 106 valence electrons. The second-order valence-electron chi connectivity index (χ2n) is 4.76. The molecule has 0 saturated carbocycles. The standard InChI is InChI=1S/C14H21BrN2O2/c1-3-14(4-2,9-18)8-17-13(19)10-6-5-7-11(16)12(10)15/h5-7,18H,3-4,8-9,16H2,1-2H3,(H,17,19). The Bertz CT molecular complexity index is 437. The van der Waals surface area contributed by atoms with Gasteiger partial charge in [-0.25, -0.2) is 0 Å². The topological polar surface area (TPSA) is 75.3 Å². The van der Waals surface area contributed by atoms with Crippen LogP contribution < -0.4 is 11.1 Å². The van der Waals surface area contributed by atoms with Gasteiger partial charge in [0.05, 0.1) is 16.6 Å². The quantitative estimate of drug-likeness (QED) is 0.702. The van der Waals surface area contributed by atoms with Gasteiger partial charge in [-0.15, -0.1) is 0 Å². The number of aliphatic hydroxyl groups is 1. The predicted octanol–water partition coefficient (Wildman–Crippen LogP) is 2.56. The van der Waals surface area contributed by atoms with Crippen LogP contribution in [0.3, 0.4) is 0 Å². The maximum absolute atomic E-state index is 12.1. The van der Waals surface area contributed by atoms with Crippen LogP contribution in [0.4, 0.5) is 5.69 Å². The monoisotopic (exact) mass is 328 g/mol. The van der Waals surface area contributed by atoms with Gasteiger partial charge >= 0.3 is 0 Å². The second-order valence-corrected chi connectivity index (χ2v) is 5.55. The number of nitrogens with two attached hydrogens (primary N) is 1. The zero-order valence-electron chi connectivity index (χ0n) is 11.4. The summed E-state index contributed by atoms with van der Waals surface area (Å²) in [5.41, 5.74) is 6.55. The Kier molecular flexibility index (Phi) is 5.82. The molecule has 0 aliphatic heterocycles. The minimum atomic E-state index is -0.248. The molecule has 1 aromatic carbocycles. The molecule has 1 rings (SSSR count). The summed E-state index contributed by atoms with van der Waals surface area (Å²) in [6, 6.07) is 5.19. The summed E-state index contributed by atoms with van der Waals surface area (Å²) in [7, 11) is 0. The minimum Gasteiger partial charge on any atom is -0.398 e. The van der Waals surface area contributed by atoms with Gasteiger partial charge < -0.3 is 16.2 Å². The van der Waals surface area contributed by atoms with E-state index in [-0.39, 0.29) is 17.9 Å². The zero-order valence-corrected chi connectivity index (χ0v) is 13.0. The molecule has 1 amide bonds. The molecule has 0 aliphatic rings. The third kappa shape index (κ3) is 3.70. The fourth-order valence-corrected chi connectivity index (χ4v) is 2.31. The lowest BCUT2D eigenvalue weighted by molar-refractivity contribution is 0.0850. The molecule has 0 atom stereocenters. The lowest BCUT2D eigenvalue weighted by Gasteiger charge is -2.29. The van der Waals surface area contributed by atoms with Crippen molar-refractivity contribution >= 4 is 27.5 Å². The number of amides is 1. The summed E-state index contributed by atoms with van der Waals surface area (Å²) in [5.74, 6) is -0.182. The van der Waals surface area contributed by atoms with Gasteiger partial charge in [0.25, 0.3) is 5.91 Å². The van der Waals surface area contributed by atoms with E-state index in [1.807, 2.05) is 13.8 Å². The van der Waals surface area contributed by atoms with Crippen LogP contribution in [0.15, 0.2) is 22.7 Å². The molecule has 0 heterocycles. The summed E-state index contributed by atoms with van der Waals surface area (Å²) in [6.07, 6.45) is 1.64. The Morgan fingerprint density at radius 3 is 2.58 bits per heavy atom. The Morgan fingerprint density at radius 2 is 2.05 bits per heavy atom. The van der Waals surface area contributed by atoms with E-state index in [9.17, 15) is 9.90 Å². The van der Waals surface area contributed by atoms with Crippen molar-refractivity contribution in [3.8, 4) is 0 Å². The van der Waals surface area contributed by atoms with Crippen LogP contribution in [0.5, 0.6) is 0 Å². The molecular formula is C14H21BrN2O2.